The second-order valence-electron chi connectivity index (χ2n) is 8.12. The topological polar surface area (TPSA) is 75.6 Å². The van der Waals surface area contributed by atoms with Crippen molar-refractivity contribution in [2.24, 2.45) is 0 Å². The number of carbonyl (C=O) groups excluding carboxylic acids is 1. The molecule has 2 atom stereocenters. The zero-order chi connectivity index (χ0) is 21.4. The first-order valence-electron chi connectivity index (χ1n) is 10.6. The third-order valence-electron chi connectivity index (χ3n) is 6.42. The molecule has 3 aromatic rings. The average Bonchev–Trinajstić information content (AvgIpc) is 3.11. The van der Waals surface area contributed by atoms with Crippen molar-refractivity contribution in [3.8, 4) is 11.1 Å². The molecule has 156 valence electrons. The van der Waals surface area contributed by atoms with Gasteiger partial charge in [0.25, 0.3) is 0 Å². The van der Waals surface area contributed by atoms with Gasteiger partial charge in [0.15, 0.2) is 0 Å². The first-order chi connectivity index (χ1) is 15.1. The second-order valence-corrected chi connectivity index (χ2v) is 8.12. The van der Waals surface area contributed by atoms with Crippen LogP contribution in [0, 0.1) is 0 Å². The first-order valence-corrected chi connectivity index (χ1v) is 10.6. The number of carboxylic acid groups (broad SMARTS) is 1. The molecule has 2 N–H and O–H groups in total. The molecule has 0 fully saturated rings. The van der Waals surface area contributed by atoms with Gasteiger partial charge in [0.05, 0.1) is 12.0 Å². The number of hydrogen-bond acceptors (Lipinski definition) is 3. The van der Waals surface area contributed by atoms with Gasteiger partial charge in [-0.25, -0.2) is 4.79 Å². The average molecular weight is 413 g/mol. The number of ether oxygens (including phenoxy) is 1. The molecule has 0 unspecified atom stereocenters. The zero-order valence-corrected chi connectivity index (χ0v) is 17.0. The number of benzene rings is 3. The molecule has 5 nitrogen and oxygen atoms in total. The van der Waals surface area contributed by atoms with E-state index >= 15 is 0 Å². The Morgan fingerprint density at radius 1 is 0.806 bits per heavy atom. The Morgan fingerprint density at radius 2 is 1.35 bits per heavy atom. The fourth-order valence-electron chi connectivity index (χ4n) is 4.98. The van der Waals surface area contributed by atoms with E-state index < -0.39 is 18.0 Å². The number of carbonyl (C=O) groups is 2. The molecular weight excluding hydrogens is 390 g/mol. The van der Waals surface area contributed by atoms with Crippen LogP contribution in [0.1, 0.15) is 53.0 Å². The number of rotatable bonds is 4. The smallest absolute Gasteiger partial charge is 0.407 e. The van der Waals surface area contributed by atoms with Crippen LogP contribution in [0.2, 0.25) is 0 Å². The molecule has 3 aromatic carbocycles. The van der Waals surface area contributed by atoms with Crippen molar-refractivity contribution in [3.63, 3.8) is 0 Å². The van der Waals surface area contributed by atoms with E-state index in [4.69, 9.17) is 4.74 Å². The summed E-state index contributed by atoms with van der Waals surface area (Å²) in [6.45, 7) is 0.256. The third-order valence-corrected chi connectivity index (χ3v) is 6.42. The van der Waals surface area contributed by atoms with Crippen LogP contribution in [0.15, 0.2) is 72.8 Å². The molecule has 0 radical (unpaired) electrons. The van der Waals surface area contributed by atoms with Crippen molar-refractivity contribution in [3.05, 3.63) is 95.1 Å². The van der Waals surface area contributed by atoms with Crippen LogP contribution in [0.5, 0.6) is 0 Å². The van der Waals surface area contributed by atoms with Gasteiger partial charge in [0, 0.05) is 5.92 Å². The monoisotopic (exact) mass is 413 g/mol. The highest BCUT2D eigenvalue weighted by atomic mass is 16.5. The van der Waals surface area contributed by atoms with E-state index in [1.165, 1.54) is 22.3 Å². The summed E-state index contributed by atoms with van der Waals surface area (Å²) in [6.07, 6.45) is 0.578. The van der Waals surface area contributed by atoms with Gasteiger partial charge in [0.1, 0.15) is 6.61 Å². The van der Waals surface area contributed by atoms with Gasteiger partial charge in [0.2, 0.25) is 0 Å². The lowest BCUT2D eigenvalue weighted by molar-refractivity contribution is -0.139. The molecule has 0 saturated heterocycles. The van der Waals surface area contributed by atoms with Crippen molar-refractivity contribution in [1.82, 2.24) is 5.32 Å². The Bertz CT molecular complexity index is 1110. The predicted molar refractivity (Wildman–Crippen MR) is 117 cm³/mol. The van der Waals surface area contributed by atoms with Crippen molar-refractivity contribution in [2.45, 2.75) is 30.7 Å². The third kappa shape index (κ3) is 3.46. The number of alkyl carbamates (subject to hydrolysis) is 1. The minimum atomic E-state index is -0.827. The van der Waals surface area contributed by atoms with E-state index in [1.54, 1.807) is 0 Å². The Balaban J connectivity index is 1.30. The fraction of sp³-hybridized carbons (Fsp3) is 0.231. The first kappa shape index (κ1) is 19.4. The zero-order valence-electron chi connectivity index (χ0n) is 17.0. The van der Waals surface area contributed by atoms with Gasteiger partial charge >= 0.3 is 12.1 Å². The molecule has 5 rings (SSSR count). The fourth-order valence-corrected chi connectivity index (χ4v) is 4.98. The van der Waals surface area contributed by atoms with Gasteiger partial charge in [-0.15, -0.1) is 0 Å². The minimum Gasteiger partial charge on any atom is -0.481 e. The largest absolute Gasteiger partial charge is 0.481 e. The van der Waals surface area contributed by atoms with Crippen molar-refractivity contribution >= 4 is 12.1 Å². The SMILES string of the molecule is O=C(N[C@H]1CC[C@H](C(=O)O)c2ccccc21)OCC1c2ccccc2-c2ccccc21. The maximum absolute atomic E-state index is 12.7. The van der Waals surface area contributed by atoms with Crippen LogP contribution >= 0.6 is 0 Å². The Kier molecular flexibility index (Phi) is 4.94. The van der Waals surface area contributed by atoms with Crippen LogP contribution in [0.4, 0.5) is 4.79 Å². The van der Waals surface area contributed by atoms with Crippen LogP contribution < -0.4 is 5.32 Å². The molecular formula is C26H23NO4. The summed E-state index contributed by atoms with van der Waals surface area (Å²) in [5.41, 5.74) is 6.34. The van der Waals surface area contributed by atoms with Crippen LogP contribution in [-0.4, -0.2) is 23.8 Å². The Morgan fingerprint density at radius 3 is 1.97 bits per heavy atom. The highest BCUT2D eigenvalue weighted by molar-refractivity contribution is 5.79. The molecule has 2 aliphatic rings. The number of aliphatic carboxylic acids is 1. The Labute approximate surface area is 180 Å². The number of nitrogens with one attached hydrogen (secondary N) is 1. The van der Waals surface area contributed by atoms with E-state index in [0.29, 0.717) is 12.8 Å². The molecule has 0 bridgehead atoms. The summed E-state index contributed by atoms with van der Waals surface area (Å²) >= 11 is 0. The maximum Gasteiger partial charge on any atom is 0.407 e. The van der Waals surface area contributed by atoms with E-state index in [9.17, 15) is 14.7 Å². The lowest BCUT2D eigenvalue weighted by atomic mass is 9.80. The summed E-state index contributed by atoms with van der Waals surface area (Å²) in [4.78, 5) is 24.3. The number of carboxylic acids is 1. The van der Waals surface area contributed by atoms with Crippen molar-refractivity contribution < 1.29 is 19.4 Å². The summed E-state index contributed by atoms with van der Waals surface area (Å²) in [6, 6.07) is 23.6. The summed E-state index contributed by atoms with van der Waals surface area (Å²) in [7, 11) is 0. The molecule has 2 aliphatic carbocycles. The number of fused-ring (bicyclic) bond motifs is 4. The molecule has 0 aromatic heterocycles. The number of hydrogen-bond donors (Lipinski definition) is 2. The van der Waals surface area contributed by atoms with Crippen molar-refractivity contribution in [1.29, 1.82) is 0 Å². The van der Waals surface area contributed by atoms with Gasteiger partial charge in [-0.2, -0.15) is 0 Å². The highest BCUT2D eigenvalue weighted by Gasteiger charge is 2.33. The van der Waals surface area contributed by atoms with E-state index in [2.05, 4.69) is 29.6 Å². The summed E-state index contributed by atoms with van der Waals surface area (Å²) in [5.74, 6) is -1.35. The normalized spacial score (nSPS) is 19.1. The maximum atomic E-state index is 12.7. The molecule has 31 heavy (non-hydrogen) atoms. The van der Waals surface area contributed by atoms with Gasteiger partial charge < -0.3 is 15.2 Å². The Hall–Kier alpha value is -3.60. The van der Waals surface area contributed by atoms with Gasteiger partial charge in [-0.05, 0) is 46.2 Å². The lowest BCUT2D eigenvalue weighted by Crippen LogP contribution is -2.34. The number of amides is 1. The lowest BCUT2D eigenvalue weighted by Gasteiger charge is -2.30. The molecule has 1 amide bonds. The predicted octanol–water partition coefficient (Wildman–Crippen LogP) is 5.23. The van der Waals surface area contributed by atoms with E-state index in [-0.39, 0.29) is 18.6 Å². The quantitative estimate of drug-likeness (QED) is 0.614. The summed E-state index contributed by atoms with van der Waals surface area (Å²) < 4.78 is 5.67. The van der Waals surface area contributed by atoms with Crippen LogP contribution in [0.3, 0.4) is 0 Å². The van der Waals surface area contributed by atoms with Crippen LogP contribution in [0.25, 0.3) is 11.1 Å². The van der Waals surface area contributed by atoms with Gasteiger partial charge in [-0.3, -0.25) is 4.79 Å². The second kappa shape index (κ2) is 7.91. The van der Waals surface area contributed by atoms with Crippen LogP contribution in [-0.2, 0) is 9.53 Å². The molecule has 5 heteroatoms. The molecule has 0 aliphatic heterocycles. The standard InChI is InChI=1S/C26H23NO4/c28-25(29)22-13-14-24(21-12-6-5-11-20(21)22)27-26(30)31-15-23-18-9-3-1-7-16(18)17-8-2-4-10-19(17)23/h1-12,22-24H,13-15H2,(H,27,30)(H,28,29)/t22-,24-/m0/s1. The minimum absolute atomic E-state index is 0.00758. The molecule has 0 spiro atoms. The molecule has 0 saturated carbocycles. The van der Waals surface area contributed by atoms with Gasteiger partial charge in [-0.1, -0.05) is 72.8 Å². The molecule has 0 heterocycles. The van der Waals surface area contributed by atoms with Crippen molar-refractivity contribution in [2.75, 3.05) is 6.61 Å². The van der Waals surface area contributed by atoms with E-state index in [1.807, 2.05) is 48.5 Å². The highest BCUT2D eigenvalue weighted by Crippen LogP contribution is 2.44. The van der Waals surface area contributed by atoms with E-state index in [0.717, 1.165) is 11.1 Å². The summed E-state index contributed by atoms with van der Waals surface area (Å²) in [5, 5.41) is 12.5.